The molecule has 0 spiro atoms. The molecule has 0 bridgehead atoms. The number of benzene rings is 1. The van der Waals surface area contributed by atoms with Crippen molar-refractivity contribution in [2.75, 3.05) is 13.1 Å². The number of hydrogen-bond donors (Lipinski definition) is 2. The van der Waals surface area contributed by atoms with Crippen LogP contribution in [0.4, 0.5) is 4.79 Å². The number of likely N-dealkylation sites (tertiary alicyclic amines) is 1. The van der Waals surface area contributed by atoms with E-state index in [4.69, 9.17) is 0 Å². The standard InChI is InChI=1S/C22H33N3O2/c1-15(2)20(26)25-13-10-16(11-14-25)23-21(27)24-19-9-12-22(3,4)18-8-6-5-7-17(18)19/h5-8,15-16,19H,9-14H2,1-4H3,(H2,23,24,27). The minimum atomic E-state index is -0.0943. The predicted octanol–water partition coefficient (Wildman–Crippen LogP) is 3.75. The van der Waals surface area contributed by atoms with Gasteiger partial charge in [0.15, 0.2) is 0 Å². The second-order valence-electron chi connectivity index (χ2n) is 8.93. The fraction of sp³-hybridized carbons (Fsp3) is 0.636. The van der Waals surface area contributed by atoms with Gasteiger partial charge in [-0.25, -0.2) is 4.79 Å². The lowest BCUT2D eigenvalue weighted by atomic mass is 9.71. The van der Waals surface area contributed by atoms with Crippen LogP contribution in [-0.2, 0) is 10.2 Å². The summed E-state index contributed by atoms with van der Waals surface area (Å²) in [6, 6.07) is 8.56. The van der Waals surface area contributed by atoms with E-state index in [0.717, 1.165) is 38.8 Å². The van der Waals surface area contributed by atoms with Crippen LogP contribution in [-0.4, -0.2) is 36.0 Å². The van der Waals surface area contributed by atoms with Gasteiger partial charge in [-0.05, 0) is 42.2 Å². The predicted molar refractivity (Wildman–Crippen MR) is 108 cm³/mol. The highest BCUT2D eigenvalue weighted by molar-refractivity contribution is 5.78. The molecule has 3 amide bonds. The van der Waals surface area contributed by atoms with Gasteiger partial charge in [0.1, 0.15) is 0 Å². The fourth-order valence-electron chi connectivity index (χ4n) is 4.36. The highest BCUT2D eigenvalue weighted by Gasteiger charge is 2.33. The zero-order chi connectivity index (χ0) is 19.6. The Labute approximate surface area is 162 Å². The normalized spacial score (nSPS) is 22.3. The number of nitrogens with one attached hydrogen (secondary N) is 2. The van der Waals surface area contributed by atoms with Gasteiger partial charge in [0.2, 0.25) is 5.91 Å². The average molecular weight is 372 g/mol. The van der Waals surface area contributed by atoms with Gasteiger partial charge in [-0.1, -0.05) is 52.0 Å². The first-order chi connectivity index (χ1) is 12.8. The Hall–Kier alpha value is -2.04. The highest BCUT2D eigenvalue weighted by Crippen LogP contribution is 2.41. The quantitative estimate of drug-likeness (QED) is 0.850. The van der Waals surface area contributed by atoms with Crippen molar-refractivity contribution in [3.63, 3.8) is 0 Å². The van der Waals surface area contributed by atoms with Gasteiger partial charge in [0, 0.05) is 25.0 Å². The number of fused-ring (bicyclic) bond motifs is 1. The Kier molecular flexibility index (Phi) is 5.78. The van der Waals surface area contributed by atoms with Crippen LogP contribution in [0.3, 0.4) is 0 Å². The van der Waals surface area contributed by atoms with Crippen molar-refractivity contribution in [3.8, 4) is 0 Å². The molecule has 1 unspecified atom stereocenters. The van der Waals surface area contributed by atoms with Gasteiger partial charge < -0.3 is 15.5 Å². The molecule has 1 aliphatic heterocycles. The van der Waals surface area contributed by atoms with Gasteiger partial charge in [0.25, 0.3) is 0 Å². The Morgan fingerprint density at radius 3 is 2.41 bits per heavy atom. The van der Waals surface area contributed by atoms with E-state index in [2.05, 4.69) is 42.7 Å². The number of carbonyl (C=O) groups is 2. The van der Waals surface area contributed by atoms with Crippen molar-refractivity contribution in [2.45, 2.75) is 70.9 Å². The number of rotatable bonds is 3. The van der Waals surface area contributed by atoms with E-state index >= 15 is 0 Å². The molecule has 3 rings (SSSR count). The molecule has 2 aliphatic rings. The van der Waals surface area contributed by atoms with Crippen LogP contribution in [0, 0.1) is 5.92 Å². The molecule has 1 aromatic carbocycles. The van der Waals surface area contributed by atoms with Crippen molar-refractivity contribution in [1.82, 2.24) is 15.5 Å². The Balaban J connectivity index is 1.54. The number of nitrogens with zero attached hydrogens (tertiary/aromatic N) is 1. The highest BCUT2D eigenvalue weighted by atomic mass is 16.2. The minimum absolute atomic E-state index is 0.0356. The summed E-state index contributed by atoms with van der Waals surface area (Å²) < 4.78 is 0. The summed E-state index contributed by atoms with van der Waals surface area (Å²) in [4.78, 5) is 26.6. The zero-order valence-corrected chi connectivity index (χ0v) is 17.0. The van der Waals surface area contributed by atoms with Crippen LogP contribution in [0.2, 0.25) is 0 Å². The molecule has 1 saturated heterocycles. The lowest BCUT2D eigenvalue weighted by Crippen LogP contribution is -2.50. The van der Waals surface area contributed by atoms with Crippen LogP contribution in [0.1, 0.15) is 70.5 Å². The van der Waals surface area contributed by atoms with Crippen LogP contribution in [0.5, 0.6) is 0 Å². The molecule has 148 valence electrons. The molecule has 2 N–H and O–H groups in total. The largest absolute Gasteiger partial charge is 0.342 e. The molecular weight excluding hydrogens is 338 g/mol. The van der Waals surface area contributed by atoms with Gasteiger partial charge in [-0.2, -0.15) is 0 Å². The van der Waals surface area contributed by atoms with Crippen LogP contribution >= 0.6 is 0 Å². The van der Waals surface area contributed by atoms with E-state index in [9.17, 15) is 9.59 Å². The first-order valence-corrected chi connectivity index (χ1v) is 10.2. The number of carbonyl (C=O) groups excluding carboxylic acids is 2. The summed E-state index contributed by atoms with van der Waals surface area (Å²) in [5.74, 6) is 0.243. The smallest absolute Gasteiger partial charge is 0.315 e. The third-order valence-electron chi connectivity index (χ3n) is 6.06. The van der Waals surface area contributed by atoms with Gasteiger partial charge in [-0.3, -0.25) is 4.79 Å². The summed E-state index contributed by atoms with van der Waals surface area (Å²) >= 11 is 0. The minimum Gasteiger partial charge on any atom is -0.342 e. The molecular formula is C22H33N3O2. The maximum absolute atomic E-state index is 12.6. The fourth-order valence-corrected chi connectivity index (χ4v) is 4.36. The van der Waals surface area contributed by atoms with Crippen molar-refractivity contribution < 1.29 is 9.59 Å². The van der Waals surface area contributed by atoms with E-state index < -0.39 is 0 Å². The van der Waals surface area contributed by atoms with Gasteiger partial charge in [-0.15, -0.1) is 0 Å². The van der Waals surface area contributed by atoms with Gasteiger partial charge >= 0.3 is 6.03 Å². The number of urea groups is 1. The van der Waals surface area contributed by atoms with Crippen molar-refractivity contribution in [1.29, 1.82) is 0 Å². The molecule has 1 heterocycles. The second-order valence-corrected chi connectivity index (χ2v) is 8.93. The molecule has 1 aliphatic carbocycles. The van der Waals surface area contributed by atoms with Crippen LogP contribution < -0.4 is 10.6 Å². The molecule has 27 heavy (non-hydrogen) atoms. The lowest BCUT2D eigenvalue weighted by molar-refractivity contribution is -0.135. The molecule has 1 fully saturated rings. The first-order valence-electron chi connectivity index (χ1n) is 10.2. The summed E-state index contributed by atoms with van der Waals surface area (Å²) in [5.41, 5.74) is 2.73. The molecule has 1 aromatic rings. The summed E-state index contributed by atoms with van der Waals surface area (Å²) in [6.45, 7) is 9.86. The summed E-state index contributed by atoms with van der Waals surface area (Å²) in [5, 5.41) is 6.30. The maximum Gasteiger partial charge on any atom is 0.315 e. The molecule has 0 aromatic heterocycles. The van der Waals surface area contributed by atoms with E-state index in [1.54, 1.807) is 0 Å². The monoisotopic (exact) mass is 371 g/mol. The van der Waals surface area contributed by atoms with Crippen molar-refractivity contribution in [3.05, 3.63) is 35.4 Å². The van der Waals surface area contributed by atoms with Crippen LogP contribution in [0.25, 0.3) is 0 Å². The Morgan fingerprint density at radius 2 is 1.74 bits per heavy atom. The lowest BCUT2D eigenvalue weighted by Gasteiger charge is -2.38. The topological polar surface area (TPSA) is 61.4 Å². The first kappa shape index (κ1) is 19.7. The molecule has 0 saturated carbocycles. The van der Waals surface area contributed by atoms with E-state index in [1.807, 2.05) is 24.8 Å². The third kappa shape index (κ3) is 4.45. The molecule has 5 heteroatoms. The molecule has 5 nitrogen and oxygen atoms in total. The maximum atomic E-state index is 12.6. The zero-order valence-electron chi connectivity index (χ0n) is 17.0. The number of piperidine rings is 1. The average Bonchev–Trinajstić information content (AvgIpc) is 2.64. The molecule has 1 atom stereocenters. The third-order valence-corrected chi connectivity index (χ3v) is 6.06. The van der Waals surface area contributed by atoms with Crippen LogP contribution in [0.15, 0.2) is 24.3 Å². The summed E-state index contributed by atoms with van der Waals surface area (Å²) in [6.07, 6.45) is 3.66. The second kappa shape index (κ2) is 7.91. The molecule has 0 radical (unpaired) electrons. The number of amides is 3. The number of hydrogen-bond acceptors (Lipinski definition) is 2. The van der Waals surface area contributed by atoms with E-state index in [-0.39, 0.29) is 35.4 Å². The van der Waals surface area contributed by atoms with Gasteiger partial charge in [0.05, 0.1) is 6.04 Å². The SMILES string of the molecule is CC(C)C(=O)N1CCC(NC(=O)NC2CCC(C)(C)c3ccccc32)CC1. The summed E-state index contributed by atoms with van der Waals surface area (Å²) in [7, 11) is 0. The van der Waals surface area contributed by atoms with Crippen molar-refractivity contribution >= 4 is 11.9 Å². The van der Waals surface area contributed by atoms with E-state index in [0.29, 0.717) is 0 Å². The Bertz CT molecular complexity index is 691. The van der Waals surface area contributed by atoms with E-state index in [1.165, 1.54) is 11.1 Å². The van der Waals surface area contributed by atoms with Crippen molar-refractivity contribution in [2.24, 2.45) is 5.92 Å². The Morgan fingerprint density at radius 1 is 1.07 bits per heavy atom.